The number of hydrogen-bond acceptors (Lipinski definition) is 6. The molecule has 0 spiro atoms. The van der Waals surface area contributed by atoms with Gasteiger partial charge in [-0.3, -0.25) is 14.6 Å². The van der Waals surface area contributed by atoms with Crippen LogP contribution in [0.25, 0.3) is 0 Å². The first kappa shape index (κ1) is 23.2. The molecule has 0 radical (unpaired) electrons. The van der Waals surface area contributed by atoms with Crippen LogP contribution < -0.4 is 14.2 Å². The average Bonchev–Trinajstić information content (AvgIpc) is 2.80. The van der Waals surface area contributed by atoms with Gasteiger partial charge in [0.2, 0.25) is 5.75 Å². The van der Waals surface area contributed by atoms with Gasteiger partial charge in [0, 0.05) is 31.6 Å². The Kier molecular flexibility index (Phi) is 7.46. The number of ether oxygens (including phenoxy) is 3. The Balaban J connectivity index is 1.60. The van der Waals surface area contributed by atoms with Crippen molar-refractivity contribution in [1.29, 1.82) is 0 Å². The van der Waals surface area contributed by atoms with Crippen LogP contribution in [-0.4, -0.2) is 73.9 Å². The summed E-state index contributed by atoms with van der Waals surface area (Å²) < 4.78 is 16.7. The monoisotopic (exact) mass is 446 g/mol. The molecule has 3 aliphatic rings. The molecule has 1 aromatic carbocycles. The van der Waals surface area contributed by atoms with E-state index in [1.54, 1.807) is 21.3 Å². The number of nitrogens with zero attached hydrogens (tertiary/aromatic N) is 2. The standard InChI is InChI=1S/C25H38N2O5/c1-30-21-13-17(14-22(31-2)25(21)32-3)15-27-16-18-7-5-11-26-12-6-8-19(24(18)26)20(27)9-4-10-23(28)29/h13-14,18-20,24H,4-12,15-16H2,1-3H3,(H,28,29)/t18-,19-,20-,24+/m1/s1. The Morgan fingerprint density at radius 2 is 1.75 bits per heavy atom. The molecule has 7 nitrogen and oxygen atoms in total. The summed E-state index contributed by atoms with van der Waals surface area (Å²) in [6.45, 7) is 4.35. The zero-order valence-corrected chi connectivity index (χ0v) is 19.7. The molecule has 0 saturated carbocycles. The first-order chi connectivity index (χ1) is 15.5. The number of carbonyl (C=O) groups is 1. The average molecular weight is 447 g/mol. The number of methoxy groups -OCH3 is 3. The fraction of sp³-hybridized carbons (Fsp3) is 0.720. The Labute approximate surface area is 191 Å². The van der Waals surface area contributed by atoms with E-state index < -0.39 is 5.97 Å². The van der Waals surface area contributed by atoms with E-state index in [-0.39, 0.29) is 6.42 Å². The van der Waals surface area contributed by atoms with Crippen molar-refractivity contribution in [2.45, 2.75) is 63.6 Å². The maximum atomic E-state index is 11.2. The molecule has 7 heteroatoms. The summed E-state index contributed by atoms with van der Waals surface area (Å²) in [6.07, 6.45) is 7.01. The molecule has 0 aliphatic carbocycles. The molecule has 1 N–H and O–H groups in total. The molecule has 0 amide bonds. The van der Waals surface area contributed by atoms with Gasteiger partial charge in [0.25, 0.3) is 0 Å². The van der Waals surface area contributed by atoms with E-state index in [9.17, 15) is 9.90 Å². The molecule has 4 rings (SSSR count). The lowest BCUT2D eigenvalue weighted by molar-refractivity contribution is -0.137. The van der Waals surface area contributed by atoms with Crippen molar-refractivity contribution in [1.82, 2.24) is 9.80 Å². The van der Waals surface area contributed by atoms with Gasteiger partial charge < -0.3 is 19.3 Å². The van der Waals surface area contributed by atoms with Crippen molar-refractivity contribution in [2.24, 2.45) is 11.8 Å². The maximum absolute atomic E-state index is 11.2. The minimum absolute atomic E-state index is 0.249. The van der Waals surface area contributed by atoms with E-state index in [2.05, 4.69) is 21.9 Å². The zero-order chi connectivity index (χ0) is 22.7. The quantitative estimate of drug-likeness (QED) is 0.621. The molecule has 3 saturated heterocycles. The highest BCUT2D eigenvalue weighted by Crippen LogP contribution is 2.44. The van der Waals surface area contributed by atoms with Gasteiger partial charge in [-0.05, 0) is 81.1 Å². The lowest BCUT2D eigenvalue weighted by Gasteiger charge is -2.57. The molecule has 3 fully saturated rings. The summed E-state index contributed by atoms with van der Waals surface area (Å²) in [5.74, 6) is 2.61. The van der Waals surface area contributed by atoms with Gasteiger partial charge >= 0.3 is 5.97 Å². The molecule has 1 aromatic rings. The third-order valence-electron chi connectivity index (χ3n) is 7.78. The molecule has 32 heavy (non-hydrogen) atoms. The van der Waals surface area contributed by atoms with Crippen LogP contribution in [0.2, 0.25) is 0 Å². The first-order valence-electron chi connectivity index (χ1n) is 12.0. The molecule has 0 bridgehead atoms. The van der Waals surface area contributed by atoms with Crippen molar-refractivity contribution in [2.75, 3.05) is 41.0 Å². The minimum atomic E-state index is -0.696. The van der Waals surface area contributed by atoms with E-state index in [0.717, 1.165) is 31.5 Å². The molecule has 178 valence electrons. The number of benzene rings is 1. The highest BCUT2D eigenvalue weighted by molar-refractivity contribution is 5.66. The number of likely N-dealkylation sites (tertiary alicyclic amines) is 1. The van der Waals surface area contributed by atoms with Crippen molar-refractivity contribution < 1.29 is 24.1 Å². The van der Waals surface area contributed by atoms with E-state index in [1.807, 2.05) is 0 Å². The van der Waals surface area contributed by atoms with Crippen LogP contribution in [0.5, 0.6) is 17.2 Å². The van der Waals surface area contributed by atoms with Gasteiger partial charge in [-0.1, -0.05) is 0 Å². The second-order valence-electron chi connectivity index (χ2n) is 9.55. The largest absolute Gasteiger partial charge is 0.493 e. The van der Waals surface area contributed by atoms with Gasteiger partial charge in [-0.15, -0.1) is 0 Å². The SMILES string of the molecule is COc1cc(CN2C[C@H]3CCCN4CCC[C@@H]([C@H]34)[C@H]2CCCC(=O)O)cc(OC)c1OC. The molecule has 3 aliphatic heterocycles. The number of hydrogen-bond donors (Lipinski definition) is 1. The van der Waals surface area contributed by atoms with E-state index in [1.165, 1.54) is 38.8 Å². The third kappa shape index (κ3) is 4.69. The summed E-state index contributed by atoms with van der Waals surface area (Å²) in [7, 11) is 4.93. The van der Waals surface area contributed by atoms with Crippen LogP contribution >= 0.6 is 0 Å². The van der Waals surface area contributed by atoms with Crippen LogP contribution in [0.1, 0.15) is 50.5 Å². The topological polar surface area (TPSA) is 71.5 Å². The summed E-state index contributed by atoms with van der Waals surface area (Å²) in [6, 6.07) is 5.19. The van der Waals surface area contributed by atoms with Crippen molar-refractivity contribution in [3.05, 3.63) is 17.7 Å². The van der Waals surface area contributed by atoms with Crippen LogP contribution in [0.4, 0.5) is 0 Å². The summed E-state index contributed by atoms with van der Waals surface area (Å²) in [4.78, 5) is 16.6. The van der Waals surface area contributed by atoms with E-state index in [0.29, 0.717) is 41.2 Å². The third-order valence-corrected chi connectivity index (χ3v) is 7.78. The van der Waals surface area contributed by atoms with Gasteiger partial charge in [0.15, 0.2) is 11.5 Å². The normalized spacial score (nSPS) is 28.1. The number of carboxylic acids is 1. The number of carboxylic acid groups (broad SMARTS) is 1. The summed E-state index contributed by atoms with van der Waals surface area (Å²) >= 11 is 0. The molecule has 3 heterocycles. The Morgan fingerprint density at radius 3 is 2.38 bits per heavy atom. The minimum Gasteiger partial charge on any atom is -0.493 e. The Bertz CT molecular complexity index is 774. The highest BCUT2D eigenvalue weighted by atomic mass is 16.5. The number of piperidine rings is 3. The number of rotatable bonds is 9. The van der Waals surface area contributed by atoms with Gasteiger partial charge in [0.05, 0.1) is 21.3 Å². The maximum Gasteiger partial charge on any atom is 0.303 e. The second-order valence-corrected chi connectivity index (χ2v) is 9.55. The predicted molar refractivity (Wildman–Crippen MR) is 123 cm³/mol. The zero-order valence-electron chi connectivity index (χ0n) is 19.7. The molecule has 0 unspecified atom stereocenters. The van der Waals surface area contributed by atoms with Crippen molar-refractivity contribution >= 4 is 5.97 Å². The Hall–Kier alpha value is -1.99. The second kappa shape index (κ2) is 10.3. The smallest absolute Gasteiger partial charge is 0.303 e. The van der Waals surface area contributed by atoms with E-state index >= 15 is 0 Å². The molecular weight excluding hydrogens is 408 g/mol. The van der Waals surface area contributed by atoms with Gasteiger partial charge in [0.1, 0.15) is 0 Å². The predicted octanol–water partition coefficient (Wildman–Crippen LogP) is 3.64. The van der Waals surface area contributed by atoms with Gasteiger partial charge in [-0.25, -0.2) is 0 Å². The first-order valence-corrected chi connectivity index (χ1v) is 12.0. The fourth-order valence-electron chi connectivity index (χ4n) is 6.59. The fourth-order valence-corrected chi connectivity index (χ4v) is 6.59. The van der Waals surface area contributed by atoms with Crippen LogP contribution in [0.3, 0.4) is 0 Å². The Morgan fingerprint density at radius 1 is 1.06 bits per heavy atom. The summed E-state index contributed by atoms with van der Waals surface area (Å²) in [5.41, 5.74) is 1.14. The molecule has 4 atom stereocenters. The van der Waals surface area contributed by atoms with Crippen LogP contribution in [0, 0.1) is 11.8 Å². The number of aliphatic carboxylic acids is 1. The van der Waals surface area contributed by atoms with Crippen LogP contribution in [0.15, 0.2) is 12.1 Å². The highest BCUT2D eigenvalue weighted by Gasteiger charge is 2.48. The van der Waals surface area contributed by atoms with Crippen molar-refractivity contribution in [3.63, 3.8) is 0 Å². The van der Waals surface area contributed by atoms with E-state index in [4.69, 9.17) is 14.2 Å². The molecule has 0 aromatic heterocycles. The molecular formula is C25H38N2O5. The lowest BCUT2D eigenvalue weighted by Crippen LogP contribution is -2.64. The van der Waals surface area contributed by atoms with Crippen LogP contribution in [-0.2, 0) is 11.3 Å². The van der Waals surface area contributed by atoms with Crippen molar-refractivity contribution in [3.8, 4) is 17.2 Å². The lowest BCUT2D eigenvalue weighted by atomic mass is 9.69. The van der Waals surface area contributed by atoms with Gasteiger partial charge in [-0.2, -0.15) is 0 Å². The summed E-state index contributed by atoms with van der Waals surface area (Å²) in [5, 5.41) is 9.21.